The minimum Gasteiger partial charge on any atom is -0.313 e. The number of hydrogen-bond acceptors (Lipinski definition) is 4. The van der Waals surface area contributed by atoms with Crippen molar-refractivity contribution in [1.82, 2.24) is 4.90 Å². The molecule has 0 aliphatic rings. The fraction of sp³-hybridized carbons (Fsp3) is 1.00. The molecule has 0 aromatic heterocycles. The number of nitrogens with zero attached hydrogens (tertiary/aromatic N) is 1. The summed E-state index contributed by atoms with van der Waals surface area (Å²) in [5.74, 6) is 0. The highest BCUT2D eigenvalue weighted by Gasteiger charge is 2.15. The Balaban J connectivity index is 3.99. The summed E-state index contributed by atoms with van der Waals surface area (Å²) < 4.78 is 21.0. The minimum absolute atomic E-state index is 0.249. The predicted molar refractivity (Wildman–Crippen MR) is 39.6 cm³/mol. The standard InChI is InChI=1S/C4H13N3O2S/c1-7(2)3-4(5)10(6,8)9/h4H,3,5H2,1-2H3,(H2,6,8,9). The fourth-order valence-electron chi connectivity index (χ4n) is 0.464. The highest BCUT2D eigenvalue weighted by molar-refractivity contribution is 7.89. The van der Waals surface area contributed by atoms with Crippen LogP contribution in [0.1, 0.15) is 0 Å². The molecule has 0 aliphatic carbocycles. The monoisotopic (exact) mass is 167 g/mol. The molecule has 0 aromatic rings. The van der Waals surface area contributed by atoms with Crippen LogP contribution in [0.5, 0.6) is 0 Å². The van der Waals surface area contributed by atoms with Crippen LogP contribution < -0.4 is 10.9 Å². The Hall–Kier alpha value is -0.170. The average Bonchev–Trinajstić information content (AvgIpc) is 1.60. The Kier molecular flexibility index (Phi) is 3.23. The third kappa shape index (κ3) is 3.78. The van der Waals surface area contributed by atoms with Gasteiger partial charge in [0.2, 0.25) is 10.0 Å². The first-order chi connectivity index (χ1) is 4.34. The van der Waals surface area contributed by atoms with Crippen molar-refractivity contribution in [3.05, 3.63) is 0 Å². The van der Waals surface area contributed by atoms with Crippen molar-refractivity contribution in [2.45, 2.75) is 5.37 Å². The van der Waals surface area contributed by atoms with Crippen LogP contribution in [-0.4, -0.2) is 39.3 Å². The van der Waals surface area contributed by atoms with E-state index in [1.54, 1.807) is 19.0 Å². The average molecular weight is 167 g/mol. The Labute approximate surface area is 61.0 Å². The van der Waals surface area contributed by atoms with E-state index < -0.39 is 15.4 Å². The van der Waals surface area contributed by atoms with Gasteiger partial charge in [-0.05, 0) is 14.1 Å². The molecule has 4 N–H and O–H groups in total. The number of sulfonamides is 1. The summed E-state index contributed by atoms with van der Waals surface area (Å²) in [6.07, 6.45) is 0. The van der Waals surface area contributed by atoms with E-state index >= 15 is 0 Å². The molecule has 0 fully saturated rings. The van der Waals surface area contributed by atoms with E-state index in [2.05, 4.69) is 0 Å². The number of likely N-dealkylation sites (N-methyl/N-ethyl adjacent to an activating group) is 1. The number of hydrogen-bond donors (Lipinski definition) is 2. The van der Waals surface area contributed by atoms with Crippen LogP contribution in [0.4, 0.5) is 0 Å². The van der Waals surface area contributed by atoms with Crippen molar-refractivity contribution in [3.8, 4) is 0 Å². The van der Waals surface area contributed by atoms with Gasteiger partial charge in [-0.15, -0.1) is 0 Å². The van der Waals surface area contributed by atoms with Gasteiger partial charge in [-0.2, -0.15) is 0 Å². The molecule has 0 rings (SSSR count). The highest BCUT2D eigenvalue weighted by Crippen LogP contribution is 1.87. The van der Waals surface area contributed by atoms with Gasteiger partial charge in [0, 0.05) is 6.54 Å². The number of primary sulfonamides is 1. The van der Waals surface area contributed by atoms with Crippen molar-refractivity contribution in [2.75, 3.05) is 20.6 Å². The van der Waals surface area contributed by atoms with Crippen LogP contribution in [0, 0.1) is 0 Å². The van der Waals surface area contributed by atoms with E-state index in [4.69, 9.17) is 10.9 Å². The second-order valence-electron chi connectivity index (χ2n) is 2.39. The smallest absolute Gasteiger partial charge is 0.226 e. The molecule has 0 saturated carbocycles. The first-order valence-corrected chi connectivity index (χ1v) is 4.37. The summed E-state index contributed by atoms with van der Waals surface area (Å²) >= 11 is 0. The summed E-state index contributed by atoms with van der Waals surface area (Å²) in [6.45, 7) is 0.249. The molecule has 1 unspecified atom stereocenters. The summed E-state index contributed by atoms with van der Waals surface area (Å²) in [4.78, 5) is 1.66. The van der Waals surface area contributed by atoms with Gasteiger partial charge < -0.3 is 10.6 Å². The topological polar surface area (TPSA) is 89.4 Å². The first-order valence-electron chi connectivity index (χ1n) is 2.76. The van der Waals surface area contributed by atoms with Crippen molar-refractivity contribution in [3.63, 3.8) is 0 Å². The first kappa shape index (κ1) is 9.83. The minimum atomic E-state index is -3.56. The highest BCUT2D eigenvalue weighted by atomic mass is 32.2. The summed E-state index contributed by atoms with van der Waals surface area (Å²) in [6, 6.07) is 0. The van der Waals surface area contributed by atoms with Crippen LogP contribution in [0.2, 0.25) is 0 Å². The molecule has 5 nitrogen and oxygen atoms in total. The third-order valence-corrected chi connectivity index (χ3v) is 1.96. The molecular formula is C4H13N3O2S. The van der Waals surface area contributed by atoms with Crippen LogP contribution in [0.25, 0.3) is 0 Å². The van der Waals surface area contributed by atoms with E-state index in [0.29, 0.717) is 0 Å². The molecule has 6 heteroatoms. The molecule has 1 atom stereocenters. The Morgan fingerprint density at radius 3 is 2.00 bits per heavy atom. The molecule has 0 radical (unpaired) electrons. The lowest BCUT2D eigenvalue weighted by atomic mass is 10.6. The molecule has 62 valence electrons. The zero-order valence-electron chi connectivity index (χ0n) is 6.11. The van der Waals surface area contributed by atoms with E-state index in [1.165, 1.54) is 0 Å². The second-order valence-corrected chi connectivity index (χ2v) is 4.17. The Morgan fingerprint density at radius 2 is 1.90 bits per heavy atom. The maximum atomic E-state index is 10.5. The van der Waals surface area contributed by atoms with E-state index in [9.17, 15) is 8.42 Å². The summed E-state index contributed by atoms with van der Waals surface area (Å²) in [5, 5.41) is 3.76. The van der Waals surface area contributed by atoms with Crippen LogP contribution in [-0.2, 0) is 10.0 Å². The van der Waals surface area contributed by atoms with Gasteiger partial charge in [0.15, 0.2) is 0 Å². The van der Waals surface area contributed by atoms with Crippen LogP contribution in [0.15, 0.2) is 0 Å². The van der Waals surface area contributed by atoms with Crippen molar-refractivity contribution < 1.29 is 8.42 Å². The maximum absolute atomic E-state index is 10.5. The lowest BCUT2D eigenvalue weighted by Crippen LogP contribution is -2.43. The molecule has 0 amide bonds. The van der Waals surface area contributed by atoms with Gasteiger partial charge in [-0.25, -0.2) is 13.6 Å². The normalized spacial score (nSPS) is 15.7. The zero-order chi connectivity index (χ0) is 8.36. The molecule has 10 heavy (non-hydrogen) atoms. The van der Waals surface area contributed by atoms with Gasteiger partial charge >= 0.3 is 0 Å². The van der Waals surface area contributed by atoms with Crippen LogP contribution >= 0.6 is 0 Å². The predicted octanol–water partition coefficient (Wildman–Crippen LogP) is -1.88. The van der Waals surface area contributed by atoms with Gasteiger partial charge in [-0.3, -0.25) is 0 Å². The van der Waals surface area contributed by atoms with Gasteiger partial charge in [0.05, 0.1) is 0 Å². The van der Waals surface area contributed by atoms with E-state index in [-0.39, 0.29) is 6.54 Å². The molecule has 0 aliphatic heterocycles. The molecule has 0 saturated heterocycles. The number of nitrogens with two attached hydrogens (primary N) is 2. The van der Waals surface area contributed by atoms with Crippen LogP contribution in [0.3, 0.4) is 0 Å². The van der Waals surface area contributed by atoms with Gasteiger partial charge in [-0.1, -0.05) is 0 Å². The molecule has 0 spiro atoms. The Bertz CT molecular complexity index is 187. The lowest BCUT2D eigenvalue weighted by molar-refractivity contribution is 0.401. The second kappa shape index (κ2) is 3.29. The Morgan fingerprint density at radius 1 is 1.50 bits per heavy atom. The van der Waals surface area contributed by atoms with Gasteiger partial charge in [0.1, 0.15) is 5.37 Å². The quantitative estimate of drug-likeness (QED) is 0.515. The molecular weight excluding hydrogens is 154 g/mol. The third-order valence-electron chi connectivity index (χ3n) is 0.967. The van der Waals surface area contributed by atoms with Crippen molar-refractivity contribution in [1.29, 1.82) is 0 Å². The van der Waals surface area contributed by atoms with E-state index in [0.717, 1.165) is 0 Å². The molecule has 0 heterocycles. The largest absolute Gasteiger partial charge is 0.313 e. The lowest BCUT2D eigenvalue weighted by Gasteiger charge is -2.13. The molecule has 0 aromatic carbocycles. The summed E-state index contributed by atoms with van der Waals surface area (Å²) in [5.41, 5.74) is 5.20. The molecule has 0 bridgehead atoms. The maximum Gasteiger partial charge on any atom is 0.226 e. The summed E-state index contributed by atoms with van der Waals surface area (Å²) in [7, 11) is -0.107. The van der Waals surface area contributed by atoms with Crippen molar-refractivity contribution >= 4 is 10.0 Å². The zero-order valence-corrected chi connectivity index (χ0v) is 6.93. The van der Waals surface area contributed by atoms with Gasteiger partial charge in [0.25, 0.3) is 0 Å². The van der Waals surface area contributed by atoms with Crippen molar-refractivity contribution in [2.24, 2.45) is 10.9 Å². The SMILES string of the molecule is CN(C)CC(N)S(N)(=O)=O. The van der Waals surface area contributed by atoms with E-state index in [1.807, 2.05) is 0 Å². The fourth-order valence-corrected chi connectivity index (χ4v) is 0.970. The number of rotatable bonds is 3.